The van der Waals surface area contributed by atoms with Crippen molar-refractivity contribution in [2.45, 2.75) is 38.5 Å². The molecule has 0 radical (unpaired) electrons. The van der Waals surface area contributed by atoms with Crippen LogP contribution >= 0.6 is 0 Å². The molecule has 5 heteroatoms. The summed E-state index contributed by atoms with van der Waals surface area (Å²) in [4.78, 5) is 12.3. The summed E-state index contributed by atoms with van der Waals surface area (Å²) in [5, 5.41) is 0. The normalized spacial score (nSPS) is 27.9. The molecule has 0 N–H and O–H groups in total. The van der Waals surface area contributed by atoms with Gasteiger partial charge in [0.1, 0.15) is 5.75 Å². The van der Waals surface area contributed by atoms with Crippen LogP contribution in [0.1, 0.15) is 42.5 Å². The fourth-order valence-corrected chi connectivity index (χ4v) is 3.85. The van der Waals surface area contributed by atoms with E-state index in [1.54, 1.807) is 6.07 Å². The molecular weight excluding hydrogens is 281 g/mol. The van der Waals surface area contributed by atoms with Crippen LogP contribution < -0.4 is 4.74 Å². The highest BCUT2D eigenvalue weighted by molar-refractivity contribution is 5.96. The Hall–Kier alpha value is -1.52. The molecule has 1 aromatic rings. The van der Waals surface area contributed by atoms with Crippen LogP contribution in [0.25, 0.3) is 0 Å². The highest BCUT2D eigenvalue weighted by atomic mass is 19.4. The van der Waals surface area contributed by atoms with Gasteiger partial charge in [0.25, 0.3) is 0 Å². The molecule has 2 aliphatic rings. The summed E-state index contributed by atoms with van der Waals surface area (Å²) in [6, 6.07) is 5.37. The molecule has 2 saturated carbocycles. The molecule has 2 bridgehead atoms. The first-order valence-corrected chi connectivity index (χ1v) is 7.30. The maximum absolute atomic E-state index is 12.3. The fraction of sp³-hybridized carbons (Fsp3) is 0.562. The molecule has 3 atom stereocenters. The lowest BCUT2D eigenvalue weighted by atomic mass is 9.84. The molecule has 3 rings (SSSR count). The number of halogens is 3. The van der Waals surface area contributed by atoms with Gasteiger partial charge in [0.05, 0.1) is 0 Å². The summed E-state index contributed by atoms with van der Waals surface area (Å²) < 4.78 is 40.4. The minimum atomic E-state index is -4.73. The maximum Gasteiger partial charge on any atom is 0.573 e. The molecule has 0 saturated heterocycles. The van der Waals surface area contributed by atoms with E-state index in [2.05, 4.69) is 4.74 Å². The average molecular weight is 298 g/mol. The van der Waals surface area contributed by atoms with E-state index in [0.717, 1.165) is 12.3 Å². The van der Waals surface area contributed by atoms with Crippen molar-refractivity contribution < 1.29 is 22.7 Å². The summed E-state index contributed by atoms with van der Waals surface area (Å²) in [6.45, 7) is 0. The Bertz CT molecular complexity index is 539. The Labute approximate surface area is 121 Å². The Morgan fingerprint density at radius 2 is 2.05 bits per heavy atom. The first kappa shape index (κ1) is 14.4. The zero-order chi connectivity index (χ0) is 15.0. The number of ketones is 1. The number of ether oxygens (including phenoxy) is 1. The first-order valence-electron chi connectivity index (χ1n) is 7.30. The minimum Gasteiger partial charge on any atom is -0.406 e. The lowest BCUT2D eigenvalue weighted by molar-refractivity contribution is -0.274. The van der Waals surface area contributed by atoms with Crippen molar-refractivity contribution in [2.24, 2.45) is 17.8 Å². The van der Waals surface area contributed by atoms with Crippen LogP contribution in [0.2, 0.25) is 0 Å². The van der Waals surface area contributed by atoms with E-state index in [1.807, 2.05) is 0 Å². The second-order valence-corrected chi connectivity index (χ2v) is 6.14. The SMILES string of the molecule is O=C(CC1CC2CCC1C2)c1cccc(OC(F)(F)F)c1. The third-order valence-corrected chi connectivity index (χ3v) is 4.72. The molecule has 2 aliphatic carbocycles. The number of rotatable bonds is 4. The second-order valence-electron chi connectivity index (χ2n) is 6.14. The van der Waals surface area contributed by atoms with Crippen LogP contribution in [0.3, 0.4) is 0 Å². The van der Waals surface area contributed by atoms with E-state index in [1.165, 1.54) is 37.5 Å². The van der Waals surface area contributed by atoms with Crippen molar-refractivity contribution in [1.29, 1.82) is 0 Å². The van der Waals surface area contributed by atoms with E-state index < -0.39 is 6.36 Å². The van der Waals surface area contributed by atoms with E-state index in [0.29, 0.717) is 23.8 Å². The molecule has 0 aliphatic heterocycles. The maximum atomic E-state index is 12.3. The number of fused-ring (bicyclic) bond motifs is 2. The van der Waals surface area contributed by atoms with Crippen LogP contribution in [0.15, 0.2) is 24.3 Å². The summed E-state index contributed by atoms with van der Waals surface area (Å²) in [5.74, 6) is 1.38. The number of hydrogen-bond acceptors (Lipinski definition) is 2. The predicted octanol–water partition coefficient (Wildman–Crippen LogP) is 4.59. The predicted molar refractivity (Wildman–Crippen MR) is 71.0 cm³/mol. The van der Waals surface area contributed by atoms with Gasteiger partial charge in [0.15, 0.2) is 5.78 Å². The second kappa shape index (κ2) is 5.35. The van der Waals surface area contributed by atoms with Crippen molar-refractivity contribution in [2.75, 3.05) is 0 Å². The largest absolute Gasteiger partial charge is 0.573 e. The van der Waals surface area contributed by atoms with Crippen LogP contribution in [-0.2, 0) is 0 Å². The highest BCUT2D eigenvalue weighted by Crippen LogP contribution is 2.49. The van der Waals surface area contributed by atoms with E-state index in [4.69, 9.17) is 0 Å². The summed E-state index contributed by atoms with van der Waals surface area (Å²) in [6.07, 6.45) is 0.483. The standard InChI is InChI=1S/C16H17F3O2/c17-16(18,19)21-14-3-1-2-12(8-14)15(20)9-13-7-10-4-5-11(13)6-10/h1-3,8,10-11,13H,4-7,9H2. The van der Waals surface area contributed by atoms with Crippen LogP contribution in [0.5, 0.6) is 5.75 Å². The van der Waals surface area contributed by atoms with E-state index in [9.17, 15) is 18.0 Å². The van der Waals surface area contributed by atoms with Gasteiger partial charge in [-0.05, 0) is 49.1 Å². The molecule has 114 valence electrons. The first-order chi connectivity index (χ1) is 9.90. The zero-order valence-electron chi connectivity index (χ0n) is 11.5. The Kier molecular flexibility index (Phi) is 3.68. The fourth-order valence-electron chi connectivity index (χ4n) is 3.85. The molecular formula is C16H17F3O2. The summed E-state index contributed by atoms with van der Waals surface area (Å²) >= 11 is 0. The molecule has 1 aromatic carbocycles. The van der Waals surface area contributed by atoms with Crippen molar-refractivity contribution >= 4 is 5.78 Å². The Balaban J connectivity index is 1.66. The van der Waals surface area contributed by atoms with Gasteiger partial charge in [-0.15, -0.1) is 13.2 Å². The van der Waals surface area contributed by atoms with Gasteiger partial charge in [-0.3, -0.25) is 4.79 Å². The minimum absolute atomic E-state index is 0.0832. The molecule has 0 aromatic heterocycles. The van der Waals surface area contributed by atoms with E-state index in [-0.39, 0.29) is 11.5 Å². The Morgan fingerprint density at radius 3 is 2.67 bits per heavy atom. The number of Topliss-reactive ketones (excluding diaryl/α,β-unsaturated/α-hetero) is 1. The number of carbonyl (C=O) groups excluding carboxylic acids is 1. The topological polar surface area (TPSA) is 26.3 Å². The lowest BCUT2D eigenvalue weighted by Crippen LogP contribution is -2.18. The quantitative estimate of drug-likeness (QED) is 0.760. The van der Waals surface area contributed by atoms with Gasteiger partial charge >= 0.3 is 6.36 Å². The summed E-state index contributed by atoms with van der Waals surface area (Å²) in [5.41, 5.74) is 0.305. The molecule has 21 heavy (non-hydrogen) atoms. The number of carbonyl (C=O) groups is 1. The number of alkyl halides is 3. The number of hydrogen-bond donors (Lipinski definition) is 0. The van der Waals surface area contributed by atoms with Crippen LogP contribution in [-0.4, -0.2) is 12.1 Å². The van der Waals surface area contributed by atoms with Gasteiger partial charge < -0.3 is 4.74 Å². The van der Waals surface area contributed by atoms with Gasteiger partial charge in [-0.1, -0.05) is 18.6 Å². The van der Waals surface area contributed by atoms with Crippen LogP contribution in [0, 0.1) is 17.8 Å². The average Bonchev–Trinajstić information content (AvgIpc) is 2.99. The van der Waals surface area contributed by atoms with Gasteiger partial charge in [-0.2, -0.15) is 0 Å². The van der Waals surface area contributed by atoms with Gasteiger partial charge in [0.2, 0.25) is 0 Å². The van der Waals surface area contributed by atoms with Gasteiger partial charge in [-0.25, -0.2) is 0 Å². The molecule has 0 amide bonds. The van der Waals surface area contributed by atoms with Crippen molar-refractivity contribution in [3.63, 3.8) is 0 Å². The molecule has 0 heterocycles. The Morgan fingerprint density at radius 1 is 1.24 bits per heavy atom. The lowest BCUT2D eigenvalue weighted by Gasteiger charge is -2.20. The van der Waals surface area contributed by atoms with Crippen molar-refractivity contribution in [3.8, 4) is 5.75 Å². The van der Waals surface area contributed by atoms with Crippen molar-refractivity contribution in [1.82, 2.24) is 0 Å². The third-order valence-electron chi connectivity index (χ3n) is 4.72. The zero-order valence-corrected chi connectivity index (χ0v) is 11.5. The molecule has 2 fully saturated rings. The molecule has 0 spiro atoms. The molecule has 2 nitrogen and oxygen atoms in total. The highest BCUT2D eigenvalue weighted by Gasteiger charge is 2.40. The summed E-state index contributed by atoms with van der Waals surface area (Å²) in [7, 11) is 0. The number of benzene rings is 1. The molecule has 3 unspecified atom stereocenters. The van der Waals surface area contributed by atoms with Crippen molar-refractivity contribution in [3.05, 3.63) is 29.8 Å². The van der Waals surface area contributed by atoms with Gasteiger partial charge in [0, 0.05) is 12.0 Å². The third kappa shape index (κ3) is 3.39. The van der Waals surface area contributed by atoms with E-state index >= 15 is 0 Å². The smallest absolute Gasteiger partial charge is 0.406 e. The monoisotopic (exact) mass is 298 g/mol. The van der Waals surface area contributed by atoms with Crippen LogP contribution in [0.4, 0.5) is 13.2 Å².